The predicted molar refractivity (Wildman–Crippen MR) is 44.8 cm³/mol. The van der Waals surface area contributed by atoms with Crippen LogP contribution in [0.15, 0.2) is 10.5 Å². The Labute approximate surface area is 75.5 Å². The van der Waals surface area contributed by atoms with E-state index < -0.39 is 5.97 Å². The van der Waals surface area contributed by atoms with Gasteiger partial charge < -0.3 is 9.15 Å². The van der Waals surface area contributed by atoms with Crippen molar-refractivity contribution in [2.75, 3.05) is 6.61 Å². The Hall–Kier alpha value is -1.58. The molecule has 0 atom stereocenters. The summed E-state index contributed by atoms with van der Waals surface area (Å²) in [5.74, 6) is 0.0814. The number of hydrogen-bond acceptors (Lipinski definition) is 4. The van der Waals surface area contributed by atoms with Crippen molar-refractivity contribution in [2.45, 2.75) is 13.8 Å². The molecule has 0 amide bonds. The summed E-state index contributed by atoms with van der Waals surface area (Å²) in [5, 5.41) is 0. The third-order valence-corrected chi connectivity index (χ3v) is 1.55. The van der Waals surface area contributed by atoms with Crippen LogP contribution in [0.1, 0.15) is 33.6 Å². The summed E-state index contributed by atoms with van der Waals surface area (Å²) in [4.78, 5) is 21.5. The Morgan fingerprint density at radius 2 is 2.38 bits per heavy atom. The first-order chi connectivity index (χ1) is 6.19. The average Bonchev–Trinajstić information content (AvgIpc) is 2.47. The lowest BCUT2D eigenvalue weighted by molar-refractivity contribution is 0.0524. The van der Waals surface area contributed by atoms with Crippen LogP contribution < -0.4 is 0 Å². The lowest BCUT2D eigenvalue weighted by atomic mass is 10.2. The van der Waals surface area contributed by atoms with Gasteiger partial charge in [-0.1, -0.05) is 0 Å². The van der Waals surface area contributed by atoms with Crippen LogP contribution in [0.2, 0.25) is 0 Å². The topological polar surface area (TPSA) is 56.5 Å². The minimum Gasteiger partial charge on any atom is -0.462 e. The summed E-state index contributed by atoms with van der Waals surface area (Å²) in [5.41, 5.74) is 0.309. The Morgan fingerprint density at radius 3 is 2.85 bits per heavy atom. The summed E-state index contributed by atoms with van der Waals surface area (Å²) >= 11 is 0. The SMILES string of the molecule is CCOC(=O)c1cc(C=O)oc1C. The molecular formula is C9H10O4. The summed E-state index contributed by atoms with van der Waals surface area (Å²) in [6.45, 7) is 3.63. The fourth-order valence-corrected chi connectivity index (χ4v) is 0.975. The maximum absolute atomic E-state index is 11.2. The van der Waals surface area contributed by atoms with E-state index in [-0.39, 0.29) is 5.76 Å². The van der Waals surface area contributed by atoms with Gasteiger partial charge >= 0.3 is 5.97 Å². The van der Waals surface area contributed by atoms with Gasteiger partial charge in [0.1, 0.15) is 11.3 Å². The minimum atomic E-state index is -0.461. The molecule has 0 radical (unpaired) electrons. The van der Waals surface area contributed by atoms with Crippen molar-refractivity contribution >= 4 is 12.3 Å². The van der Waals surface area contributed by atoms with Crippen molar-refractivity contribution in [3.05, 3.63) is 23.2 Å². The number of carbonyl (C=O) groups is 2. The van der Waals surface area contributed by atoms with Crippen molar-refractivity contribution in [2.24, 2.45) is 0 Å². The Bertz CT molecular complexity index is 324. The molecule has 0 saturated heterocycles. The van der Waals surface area contributed by atoms with Gasteiger partial charge in [-0.3, -0.25) is 4.79 Å². The second-order valence-corrected chi connectivity index (χ2v) is 2.46. The highest BCUT2D eigenvalue weighted by Crippen LogP contribution is 2.13. The normalized spacial score (nSPS) is 9.69. The molecule has 0 aliphatic rings. The summed E-state index contributed by atoms with van der Waals surface area (Å²) in [6.07, 6.45) is 0.551. The van der Waals surface area contributed by atoms with E-state index >= 15 is 0 Å². The quantitative estimate of drug-likeness (QED) is 0.526. The third kappa shape index (κ3) is 1.96. The van der Waals surface area contributed by atoms with E-state index in [0.29, 0.717) is 24.2 Å². The van der Waals surface area contributed by atoms with E-state index in [9.17, 15) is 9.59 Å². The van der Waals surface area contributed by atoms with Crippen LogP contribution in [0.4, 0.5) is 0 Å². The fraction of sp³-hybridized carbons (Fsp3) is 0.333. The van der Waals surface area contributed by atoms with Crippen LogP contribution in [-0.4, -0.2) is 18.9 Å². The van der Waals surface area contributed by atoms with Gasteiger partial charge in [0, 0.05) is 6.07 Å². The highest BCUT2D eigenvalue weighted by molar-refractivity contribution is 5.92. The molecule has 1 rings (SSSR count). The molecule has 0 unspecified atom stereocenters. The highest BCUT2D eigenvalue weighted by Gasteiger charge is 2.15. The molecular weight excluding hydrogens is 172 g/mol. The Kier molecular flexibility index (Phi) is 2.84. The van der Waals surface area contributed by atoms with Crippen LogP contribution in [0.25, 0.3) is 0 Å². The van der Waals surface area contributed by atoms with Crippen LogP contribution in [-0.2, 0) is 4.74 Å². The van der Waals surface area contributed by atoms with E-state index in [2.05, 4.69) is 0 Å². The van der Waals surface area contributed by atoms with Gasteiger partial charge in [-0.05, 0) is 13.8 Å². The zero-order chi connectivity index (χ0) is 9.84. The molecule has 0 aliphatic carbocycles. The van der Waals surface area contributed by atoms with E-state index in [4.69, 9.17) is 9.15 Å². The van der Waals surface area contributed by atoms with Crippen LogP contribution in [0.5, 0.6) is 0 Å². The Morgan fingerprint density at radius 1 is 1.69 bits per heavy atom. The molecule has 1 aromatic rings. The van der Waals surface area contributed by atoms with Gasteiger partial charge in [0.25, 0.3) is 0 Å². The van der Waals surface area contributed by atoms with Crippen LogP contribution in [0.3, 0.4) is 0 Å². The van der Waals surface area contributed by atoms with Gasteiger partial charge in [0.05, 0.1) is 6.61 Å². The van der Waals surface area contributed by atoms with Crippen molar-refractivity contribution in [3.63, 3.8) is 0 Å². The first kappa shape index (κ1) is 9.51. The van der Waals surface area contributed by atoms with Gasteiger partial charge in [-0.15, -0.1) is 0 Å². The fourth-order valence-electron chi connectivity index (χ4n) is 0.975. The molecule has 0 aliphatic heterocycles. The number of aldehydes is 1. The zero-order valence-electron chi connectivity index (χ0n) is 7.49. The molecule has 0 fully saturated rings. The number of ether oxygens (including phenoxy) is 1. The first-order valence-electron chi connectivity index (χ1n) is 3.91. The molecule has 1 aromatic heterocycles. The predicted octanol–water partition coefficient (Wildman–Crippen LogP) is 1.58. The van der Waals surface area contributed by atoms with E-state index in [0.717, 1.165) is 0 Å². The molecule has 0 aromatic carbocycles. The number of furan rings is 1. The van der Waals surface area contributed by atoms with E-state index in [1.165, 1.54) is 6.07 Å². The van der Waals surface area contributed by atoms with Gasteiger partial charge in [-0.25, -0.2) is 4.79 Å². The highest BCUT2D eigenvalue weighted by atomic mass is 16.5. The molecule has 0 saturated carbocycles. The summed E-state index contributed by atoms with van der Waals surface area (Å²) in [7, 11) is 0. The third-order valence-electron chi connectivity index (χ3n) is 1.55. The molecule has 13 heavy (non-hydrogen) atoms. The lowest BCUT2D eigenvalue weighted by Crippen LogP contribution is -2.04. The number of hydrogen-bond donors (Lipinski definition) is 0. The molecule has 4 heteroatoms. The van der Waals surface area contributed by atoms with Crippen molar-refractivity contribution < 1.29 is 18.7 Å². The minimum absolute atomic E-state index is 0.139. The van der Waals surface area contributed by atoms with Crippen molar-refractivity contribution in [1.82, 2.24) is 0 Å². The van der Waals surface area contributed by atoms with Crippen molar-refractivity contribution in [1.29, 1.82) is 0 Å². The number of aryl methyl sites for hydroxylation is 1. The number of rotatable bonds is 3. The van der Waals surface area contributed by atoms with Gasteiger partial charge in [0.15, 0.2) is 12.0 Å². The maximum Gasteiger partial charge on any atom is 0.341 e. The molecule has 4 nitrogen and oxygen atoms in total. The second kappa shape index (κ2) is 3.89. The Balaban J connectivity index is 2.93. The smallest absolute Gasteiger partial charge is 0.341 e. The van der Waals surface area contributed by atoms with E-state index in [1.807, 2.05) is 0 Å². The van der Waals surface area contributed by atoms with Crippen LogP contribution in [0, 0.1) is 6.92 Å². The van der Waals surface area contributed by atoms with E-state index in [1.54, 1.807) is 13.8 Å². The van der Waals surface area contributed by atoms with Crippen molar-refractivity contribution in [3.8, 4) is 0 Å². The molecule has 0 N–H and O–H groups in total. The second-order valence-electron chi connectivity index (χ2n) is 2.46. The maximum atomic E-state index is 11.2. The standard InChI is InChI=1S/C9H10O4/c1-3-12-9(11)8-4-7(5-10)13-6(8)2/h4-5H,3H2,1-2H3. The number of carbonyl (C=O) groups excluding carboxylic acids is 2. The van der Waals surface area contributed by atoms with Gasteiger partial charge in [-0.2, -0.15) is 0 Å². The molecule has 0 bridgehead atoms. The average molecular weight is 182 g/mol. The van der Waals surface area contributed by atoms with Gasteiger partial charge in [0.2, 0.25) is 0 Å². The first-order valence-corrected chi connectivity index (χ1v) is 3.91. The summed E-state index contributed by atoms with van der Waals surface area (Å²) in [6, 6.07) is 1.38. The monoisotopic (exact) mass is 182 g/mol. The number of esters is 1. The summed E-state index contributed by atoms with van der Waals surface area (Å²) < 4.78 is 9.71. The molecule has 1 heterocycles. The van der Waals surface area contributed by atoms with Crippen LogP contribution >= 0.6 is 0 Å². The molecule has 0 spiro atoms. The lowest BCUT2D eigenvalue weighted by Gasteiger charge is -1.97. The zero-order valence-corrected chi connectivity index (χ0v) is 7.49. The molecule has 70 valence electrons. The largest absolute Gasteiger partial charge is 0.462 e.